The van der Waals surface area contributed by atoms with Gasteiger partial charge in [0.05, 0.1) is 11.4 Å². The molecule has 0 aliphatic heterocycles. The average molecular weight is 300 g/mol. The molecule has 0 fully saturated rings. The van der Waals surface area contributed by atoms with Gasteiger partial charge in [0, 0.05) is 6.20 Å². The molecule has 2 rings (SSSR count). The number of anilines is 1. The Balaban J connectivity index is 2.30. The van der Waals surface area contributed by atoms with Crippen molar-refractivity contribution in [2.45, 2.75) is 18.7 Å². The lowest BCUT2D eigenvalue weighted by molar-refractivity contribution is 0.600. The van der Waals surface area contributed by atoms with Crippen LogP contribution in [0.15, 0.2) is 23.2 Å². The van der Waals surface area contributed by atoms with E-state index in [1.54, 1.807) is 13.8 Å². The predicted octanol–water partition coefficient (Wildman–Crippen LogP) is 1.34. The zero-order chi connectivity index (χ0) is 14.0. The monoisotopic (exact) mass is 299 g/mol. The summed E-state index contributed by atoms with van der Waals surface area (Å²) in [6, 6.07) is 2.72. The second kappa shape index (κ2) is 5.06. The Bertz CT molecular complexity index is 702. The Morgan fingerprint density at radius 3 is 2.47 bits per heavy atom. The van der Waals surface area contributed by atoms with Crippen molar-refractivity contribution >= 4 is 27.6 Å². The van der Waals surface area contributed by atoms with Crippen LogP contribution in [0.1, 0.15) is 11.4 Å². The molecule has 100 valence electrons. The van der Waals surface area contributed by atoms with Crippen LogP contribution in [-0.2, 0) is 10.0 Å². The van der Waals surface area contributed by atoms with Crippen molar-refractivity contribution in [3.05, 3.63) is 34.9 Å². The van der Waals surface area contributed by atoms with E-state index >= 15 is 0 Å². The summed E-state index contributed by atoms with van der Waals surface area (Å²) < 4.78 is 26.2. The van der Waals surface area contributed by atoms with E-state index in [9.17, 15) is 8.42 Å². The van der Waals surface area contributed by atoms with Crippen LogP contribution in [-0.4, -0.2) is 28.6 Å². The van der Waals surface area contributed by atoms with Gasteiger partial charge in [-0.2, -0.15) is 5.10 Å². The number of rotatable bonds is 3. The van der Waals surface area contributed by atoms with Gasteiger partial charge in [-0.3, -0.25) is 0 Å². The third-order valence-corrected chi connectivity index (χ3v) is 3.87. The molecule has 2 heterocycles. The van der Waals surface area contributed by atoms with Crippen LogP contribution in [0.4, 0.5) is 5.95 Å². The molecule has 0 saturated carbocycles. The minimum Gasteiger partial charge on any atom is -0.246 e. The molecule has 2 aromatic heterocycles. The van der Waals surface area contributed by atoms with Crippen LogP contribution < -0.4 is 4.72 Å². The van der Waals surface area contributed by atoms with Crippen LogP contribution in [0.2, 0.25) is 5.15 Å². The van der Waals surface area contributed by atoms with E-state index in [1.807, 2.05) is 0 Å². The lowest BCUT2D eigenvalue weighted by Gasteiger charge is -2.06. The van der Waals surface area contributed by atoms with Gasteiger partial charge in [-0.15, -0.1) is 5.10 Å². The van der Waals surface area contributed by atoms with Crippen molar-refractivity contribution < 1.29 is 8.42 Å². The number of nitrogens with zero attached hydrogens (tertiary/aromatic N) is 4. The highest BCUT2D eigenvalue weighted by molar-refractivity contribution is 7.92. The molecule has 0 aliphatic rings. The minimum atomic E-state index is -3.80. The fourth-order valence-electron chi connectivity index (χ4n) is 1.20. The molecule has 0 saturated heterocycles. The first kappa shape index (κ1) is 13.6. The van der Waals surface area contributed by atoms with Gasteiger partial charge in [0.2, 0.25) is 0 Å². The van der Waals surface area contributed by atoms with Gasteiger partial charge in [-0.05, 0) is 26.0 Å². The summed E-state index contributed by atoms with van der Waals surface area (Å²) in [5.74, 6) is -0.0851. The largest absolute Gasteiger partial charge is 0.265 e. The van der Waals surface area contributed by atoms with Crippen molar-refractivity contribution in [3.8, 4) is 0 Å². The maximum absolute atomic E-state index is 12.0. The summed E-state index contributed by atoms with van der Waals surface area (Å²) in [4.78, 5) is 7.67. The van der Waals surface area contributed by atoms with Crippen molar-refractivity contribution in [3.63, 3.8) is 0 Å². The summed E-state index contributed by atoms with van der Waals surface area (Å²) in [7, 11) is -3.80. The highest BCUT2D eigenvalue weighted by Gasteiger charge is 2.16. The van der Waals surface area contributed by atoms with Crippen molar-refractivity contribution in [2.24, 2.45) is 0 Å². The molecule has 9 heteroatoms. The zero-order valence-corrected chi connectivity index (χ0v) is 11.7. The van der Waals surface area contributed by atoms with E-state index in [2.05, 4.69) is 24.9 Å². The molecule has 1 N–H and O–H groups in total. The predicted molar refractivity (Wildman–Crippen MR) is 69.4 cm³/mol. The number of aromatic nitrogens is 4. The normalized spacial score (nSPS) is 11.3. The van der Waals surface area contributed by atoms with Gasteiger partial charge in [-0.1, -0.05) is 11.6 Å². The van der Waals surface area contributed by atoms with E-state index in [0.717, 1.165) is 6.20 Å². The average Bonchev–Trinajstić information content (AvgIpc) is 2.34. The van der Waals surface area contributed by atoms with Crippen LogP contribution in [0.25, 0.3) is 0 Å². The molecular weight excluding hydrogens is 290 g/mol. The van der Waals surface area contributed by atoms with Crippen molar-refractivity contribution in [1.29, 1.82) is 0 Å². The second-order valence-corrected chi connectivity index (χ2v) is 5.80. The molecule has 2 aromatic rings. The number of sulfonamides is 1. The zero-order valence-electron chi connectivity index (χ0n) is 10.1. The van der Waals surface area contributed by atoms with Crippen molar-refractivity contribution in [2.75, 3.05) is 4.72 Å². The van der Waals surface area contributed by atoms with Gasteiger partial charge >= 0.3 is 0 Å². The van der Waals surface area contributed by atoms with E-state index in [-0.39, 0.29) is 16.0 Å². The maximum atomic E-state index is 12.0. The molecular formula is C10H10ClN5O2S. The Hall–Kier alpha value is -1.80. The summed E-state index contributed by atoms with van der Waals surface area (Å²) >= 11 is 5.60. The van der Waals surface area contributed by atoms with Gasteiger partial charge in [0.25, 0.3) is 16.0 Å². The first-order valence-corrected chi connectivity index (χ1v) is 7.07. The number of pyridine rings is 1. The Labute approximate surface area is 115 Å². The number of hydrogen-bond donors (Lipinski definition) is 1. The van der Waals surface area contributed by atoms with Crippen LogP contribution in [0.5, 0.6) is 0 Å². The topological polar surface area (TPSA) is 97.7 Å². The van der Waals surface area contributed by atoms with Crippen molar-refractivity contribution in [1.82, 2.24) is 20.2 Å². The molecule has 0 spiro atoms. The van der Waals surface area contributed by atoms with Gasteiger partial charge in [-0.25, -0.2) is 23.1 Å². The molecule has 0 unspecified atom stereocenters. The van der Waals surface area contributed by atoms with E-state index in [1.165, 1.54) is 12.1 Å². The molecule has 0 radical (unpaired) electrons. The number of nitrogens with one attached hydrogen (secondary N) is 1. The van der Waals surface area contributed by atoms with E-state index < -0.39 is 10.0 Å². The Morgan fingerprint density at radius 2 is 1.89 bits per heavy atom. The highest BCUT2D eigenvalue weighted by Crippen LogP contribution is 2.14. The molecule has 0 aliphatic carbocycles. The van der Waals surface area contributed by atoms with Gasteiger partial charge in [0.1, 0.15) is 10.0 Å². The van der Waals surface area contributed by atoms with E-state index in [4.69, 9.17) is 11.6 Å². The third kappa shape index (κ3) is 3.15. The smallest absolute Gasteiger partial charge is 0.246 e. The number of halogens is 1. The Morgan fingerprint density at radius 1 is 1.16 bits per heavy atom. The molecule has 7 nitrogen and oxygen atoms in total. The molecule has 0 amide bonds. The fourth-order valence-corrected chi connectivity index (χ4v) is 2.20. The molecule has 19 heavy (non-hydrogen) atoms. The number of hydrogen-bond acceptors (Lipinski definition) is 6. The number of aryl methyl sites for hydroxylation is 2. The third-order valence-electron chi connectivity index (χ3n) is 2.33. The first-order chi connectivity index (χ1) is 8.88. The maximum Gasteiger partial charge on any atom is 0.265 e. The molecule has 0 atom stereocenters. The van der Waals surface area contributed by atoms with Crippen LogP contribution >= 0.6 is 11.6 Å². The minimum absolute atomic E-state index is 0.0290. The van der Waals surface area contributed by atoms with Crippen LogP contribution in [0.3, 0.4) is 0 Å². The van der Waals surface area contributed by atoms with E-state index in [0.29, 0.717) is 11.4 Å². The summed E-state index contributed by atoms with van der Waals surface area (Å²) in [5.41, 5.74) is 1.23. The highest BCUT2D eigenvalue weighted by atomic mass is 35.5. The second-order valence-electron chi connectivity index (χ2n) is 3.73. The standard InChI is InChI=1S/C10H10ClN5O2S/c1-6-7(2)14-15-10(13-6)16-19(17,18)8-3-4-9(11)12-5-8/h3-5H,1-2H3,(H,13,15,16). The quantitative estimate of drug-likeness (QED) is 0.859. The summed E-state index contributed by atoms with van der Waals surface area (Å²) in [6.07, 6.45) is 1.15. The lowest BCUT2D eigenvalue weighted by Crippen LogP contribution is -2.16. The fraction of sp³-hybridized carbons (Fsp3) is 0.200. The van der Waals surface area contributed by atoms with Gasteiger partial charge < -0.3 is 0 Å². The first-order valence-electron chi connectivity index (χ1n) is 5.21. The Kier molecular flexibility index (Phi) is 3.63. The summed E-state index contributed by atoms with van der Waals surface area (Å²) in [6.45, 7) is 3.45. The SMILES string of the molecule is Cc1nnc(NS(=O)(=O)c2ccc(Cl)nc2)nc1C. The lowest BCUT2D eigenvalue weighted by atomic mass is 10.4. The summed E-state index contributed by atoms with van der Waals surface area (Å²) in [5, 5.41) is 7.68. The van der Waals surface area contributed by atoms with Crippen LogP contribution in [0, 0.1) is 13.8 Å². The van der Waals surface area contributed by atoms with Gasteiger partial charge in [0.15, 0.2) is 0 Å². The molecule has 0 bridgehead atoms. The molecule has 0 aromatic carbocycles.